The molecular weight excluding hydrogens is 338 g/mol. The number of aromatic amines is 1. The second-order valence-corrected chi connectivity index (χ2v) is 6.37. The lowest BCUT2D eigenvalue weighted by molar-refractivity contribution is 0.743. The number of aromatic nitrogens is 1. The number of anilines is 1. The Kier molecular flexibility index (Phi) is 13.2. The number of hydrogen-bond donors (Lipinski definition) is 2. The molecule has 0 unspecified atom stereocenters. The Bertz CT molecular complexity index is 686. The number of rotatable bonds is 6. The molecule has 0 amide bonds. The van der Waals surface area contributed by atoms with Crippen LogP contribution < -0.4 is 4.90 Å². The molecule has 26 heavy (non-hydrogen) atoms. The average molecular weight is 374 g/mol. The summed E-state index contributed by atoms with van der Waals surface area (Å²) in [6, 6.07) is 12.1. The Balaban J connectivity index is 0.000000484. The molecule has 1 aromatic heterocycles. The molecule has 4 heteroatoms. The molecule has 0 radical (unpaired) electrons. The van der Waals surface area contributed by atoms with Crippen LogP contribution in [0.5, 0.6) is 0 Å². The van der Waals surface area contributed by atoms with Crippen molar-refractivity contribution in [3.63, 3.8) is 0 Å². The molecule has 0 aliphatic heterocycles. The molecule has 1 aromatic carbocycles. The van der Waals surface area contributed by atoms with Crippen molar-refractivity contribution in [3.8, 4) is 0 Å². The normalized spacial score (nSPS) is 9.31. The van der Waals surface area contributed by atoms with E-state index in [2.05, 4.69) is 36.7 Å². The van der Waals surface area contributed by atoms with Crippen molar-refractivity contribution in [2.45, 2.75) is 54.4 Å². The minimum atomic E-state index is 0.821. The summed E-state index contributed by atoms with van der Waals surface area (Å²) < 4.78 is 0.821. The number of hydrogen-bond acceptors (Lipinski definition) is 3. The van der Waals surface area contributed by atoms with Gasteiger partial charge in [0.05, 0.1) is 0 Å². The number of benzene rings is 1. The molecule has 0 saturated carbocycles. The van der Waals surface area contributed by atoms with Crippen LogP contribution in [0.3, 0.4) is 0 Å². The van der Waals surface area contributed by atoms with Gasteiger partial charge in [-0.05, 0) is 44.4 Å². The van der Waals surface area contributed by atoms with E-state index in [4.69, 9.17) is 17.6 Å². The molecule has 0 saturated heterocycles. The Morgan fingerprint density at radius 1 is 1.04 bits per heavy atom. The fourth-order valence-corrected chi connectivity index (χ4v) is 2.80. The maximum atomic E-state index is 6.92. The number of nitrogens with one attached hydrogen (secondary N) is 2. The van der Waals surface area contributed by atoms with Gasteiger partial charge in [0.15, 0.2) is 0 Å². The van der Waals surface area contributed by atoms with Crippen LogP contribution in [0.1, 0.15) is 57.4 Å². The molecule has 3 nitrogen and oxygen atoms in total. The van der Waals surface area contributed by atoms with E-state index < -0.39 is 0 Å². The first kappa shape index (κ1) is 24.1. The lowest BCUT2D eigenvalue weighted by Crippen LogP contribution is -2.24. The van der Waals surface area contributed by atoms with Gasteiger partial charge >= 0.3 is 0 Å². The second-order valence-electron chi connectivity index (χ2n) is 5.93. The monoisotopic (exact) mass is 373 g/mol. The van der Waals surface area contributed by atoms with Crippen molar-refractivity contribution in [2.75, 3.05) is 18.0 Å². The van der Waals surface area contributed by atoms with Gasteiger partial charge in [-0.25, -0.2) is 0 Å². The first-order valence-electron chi connectivity index (χ1n) is 9.53. The van der Waals surface area contributed by atoms with E-state index in [1.54, 1.807) is 0 Å². The van der Waals surface area contributed by atoms with Crippen LogP contribution >= 0.6 is 12.2 Å². The SMILES string of the molecule is CC.CCCN(CCC)c1cc(C)[nH]c(=S)c1.Cc1cccc(C=N)c1. The van der Waals surface area contributed by atoms with Crippen molar-refractivity contribution < 1.29 is 0 Å². The van der Waals surface area contributed by atoms with E-state index in [1.165, 1.54) is 30.3 Å². The van der Waals surface area contributed by atoms with Gasteiger partial charge in [0.25, 0.3) is 0 Å². The average Bonchev–Trinajstić information content (AvgIpc) is 2.63. The summed E-state index contributed by atoms with van der Waals surface area (Å²) >= 11 is 5.19. The highest BCUT2D eigenvalue weighted by molar-refractivity contribution is 7.71. The third-order valence-electron chi connectivity index (χ3n) is 3.52. The minimum Gasteiger partial charge on any atom is -0.371 e. The zero-order chi connectivity index (χ0) is 19.9. The van der Waals surface area contributed by atoms with Gasteiger partial charge in [-0.2, -0.15) is 0 Å². The Labute approximate surface area is 165 Å². The molecule has 0 spiro atoms. The number of aryl methyl sites for hydroxylation is 2. The summed E-state index contributed by atoms with van der Waals surface area (Å²) in [5, 5.41) is 6.92. The van der Waals surface area contributed by atoms with E-state index in [9.17, 15) is 0 Å². The molecule has 0 aliphatic rings. The first-order chi connectivity index (χ1) is 12.5. The van der Waals surface area contributed by atoms with Gasteiger partial charge in [-0.1, -0.05) is 69.7 Å². The summed E-state index contributed by atoms with van der Waals surface area (Å²) in [6.07, 6.45) is 3.70. The van der Waals surface area contributed by atoms with Crippen LogP contribution in [-0.4, -0.2) is 24.3 Å². The minimum absolute atomic E-state index is 0.821. The van der Waals surface area contributed by atoms with Gasteiger partial charge in [0.1, 0.15) is 4.64 Å². The lowest BCUT2D eigenvalue weighted by Gasteiger charge is -2.24. The zero-order valence-electron chi connectivity index (χ0n) is 17.2. The number of nitrogens with zero attached hydrogens (tertiary/aromatic N) is 1. The van der Waals surface area contributed by atoms with Crippen LogP contribution in [0.2, 0.25) is 0 Å². The number of pyridine rings is 1. The molecule has 0 bridgehead atoms. The fourth-order valence-electron chi connectivity index (χ4n) is 2.52. The Hall–Kier alpha value is -1.94. The Morgan fingerprint density at radius 2 is 1.65 bits per heavy atom. The van der Waals surface area contributed by atoms with Crippen molar-refractivity contribution in [3.05, 3.63) is 57.9 Å². The van der Waals surface area contributed by atoms with Gasteiger partial charge in [-0.3, -0.25) is 0 Å². The predicted octanol–water partition coefficient (Wildman–Crippen LogP) is 6.70. The van der Waals surface area contributed by atoms with E-state index in [1.807, 2.05) is 51.1 Å². The van der Waals surface area contributed by atoms with Crippen molar-refractivity contribution >= 4 is 24.1 Å². The van der Waals surface area contributed by atoms with Crippen LogP contribution in [0, 0.1) is 23.9 Å². The molecular formula is C22H35N3S. The molecule has 1 heterocycles. The number of H-pyrrole nitrogens is 1. The highest BCUT2D eigenvalue weighted by Crippen LogP contribution is 2.16. The van der Waals surface area contributed by atoms with Crippen LogP contribution in [0.15, 0.2) is 36.4 Å². The highest BCUT2D eigenvalue weighted by Gasteiger charge is 2.04. The van der Waals surface area contributed by atoms with Crippen molar-refractivity contribution in [2.24, 2.45) is 0 Å². The van der Waals surface area contributed by atoms with Crippen molar-refractivity contribution in [1.82, 2.24) is 4.98 Å². The summed E-state index contributed by atoms with van der Waals surface area (Å²) in [5.41, 5.74) is 4.56. The topological polar surface area (TPSA) is 42.9 Å². The predicted molar refractivity (Wildman–Crippen MR) is 120 cm³/mol. The molecule has 2 aromatic rings. The third kappa shape index (κ3) is 9.52. The van der Waals surface area contributed by atoms with Crippen LogP contribution in [-0.2, 0) is 0 Å². The molecule has 0 aliphatic carbocycles. The fraction of sp³-hybridized carbons (Fsp3) is 0.455. The van der Waals surface area contributed by atoms with Gasteiger partial charge in [-0.15, -0.1) is 0 Å². The quantitative estimate of drug-likeness (QED) is 0.437. The van der Waals surface area contributed by atoms with Gasteiger partial charge < -0.3 is 15.3 Å². The largest absolute Gasteiger partial charge is 0.371 e. The van der Waals surface area contributed by atoms with Gasteiger partial charge in [0, 0.05) is 30.7 Å². The Morgan fingerprint density at radius 3 is 2.08 bits per heavy atom. The smallest absolute Gasteiger partial charge is 0.105 e. The molecule has 144 valence electrons. The molecule has 0 atom stereocenters. The maximum Gasteiger partial charge on any atom is 0.105 e. The summed E-state index contributed by atoms with van der Waals surface area (Å²) in [6.45, 7) is 14.7. The van der Waals surface area contributed by atoms with E-state index >= 15 is 0 Å². The third-order valence-corrected chi connectivity index (χ3v) is 3.74. The van der Waals surface area contributed by atoms with Crippen LogP contribution in [0.25, 0.3) is 0 Å². The van der Waals surface area contributed by atoms with E-state index in [0.717, 1.165) is 29.0 Å². The zero-order valence-corrected chi connectivity index (χ0v) is 18.0. The summed E-state index contributed by atoms with van der Waals surface area (Å²) in [7, 11) is 0. The summed E-state index contributed by atoms with van der Waals surface area (Å²) in [4.78, 5) is 5.54. The first-order valence-corrected chi connectivity index (χ1v) is 9.94. The molecule has 2 N–H and O–H groups in total. The highest BCUT2D eigenvalue weighted by atomic mass is 32.1. The summed E-state index contributed by atoms with van der Waals surface area (Å²) in [5.74, 6) is 0. The molecule has 0 fully saturated rings. The second kappa shape index (κ2) is 14.3. The van der Waals surface area contributed by atoms with Crippen LogP contribution in [0.4, 0.5) is 5.69 Å². The van der Waals surface area contributed by atoms with Crippen molar-refractivity contribution in [1.29, 1.82) is 5.41 Å². The van der Waals surface area contributed by atoms with Gasteiger partial charge in [0.2, 0.25) is 0 Å². The standard InChI is InChI=1S/C12H20N2S.C8H9N.C2H6/c1-4-6-14(7-5-2)11-8-10(3)13-12(15)9-11;1-7-3-2-4-8(5-7)6-9;1-2/h8-9H,4-7H2,1-3H3,(H,13,15);2-6,9H,1H3;1-2H3. The lowest BCUT2D eigenvalue weighted by atomic mass is 10.2. The molecule has 2 rings (SSSR count). The van der Waals surface area contributed by atoms with E-state index in [-0.39, 0.29) is 0 Å². The van der Waals surface area contributed by atoms with E-state index in [0.29, 0.717) is 0 Å². The maximum absolute atomic E-state index is 6.92.